The highest BCUT2D eigenvalue weighted by atomic mass is 32.1. The van der Waals surface area contributed by atoms with Crippen LogP contribution in [-0.2, 0) is 4.74 Å². The van der Waals surface area contributed by atoms with Crippen LogP contribution in [0.5, 0.6) is 0 Å². The Morgan fingerprint density at radius 1 is 1.25 bits per heavy atom. The fraction of sp³-hybridized carbons (Fsp3) is 0.385. The van der Waals surface area contributed by atoms with E-state index in [0.29, 0.717) is 0 Å². The average molecular weight is 235 g/mol. The van der Waals surface area contributed by atoms with Crippen molar-refractivity contribution in [3.05, 3.63) is 29.6 Å². The van der Waals surface area contributed by atoms with Gasteiger partial charge in [-0.3, -0.25) is 0 Å². The lowest BCUT2D eigenvalue weighted by molar-refractivity contribution is 0.144. The maximum Gasteiger partial charge on any atom is 0.0639 e. The molecule has 0 radical (unpaired) electrons. The molecule has 0 aliphatic rings. The molecule has 16 heavy (non-hydrogen) atoms. The number of benzene rings is 1. The van der Waals surface area contributed by atoms with Gasteiger partial charge in [0.15, 0.2) is 0 Å². The van der Waals surface area contributed by atoms with Gasteiger partial charge in [0.2, 0.25) is 0 Å². The van der Waals surface area contributed by atoms with Crippen LogP contribution in [0.4, 0.5) is 5.69 Å². The topological polar surface area (TPSA) is 21.3 Å². The van der Waals surface area contributed by atoms with Gasteiger partial charge >= 0.3 is 0 Å². The van der Waals surface area contributed by atoms with Crippen molar-refractivity contribution < 1.29 is 4.74 Å². The van der Waals surface area contributed by atoms with Crippen molar-refractivity contribution in [2.75, 3.05) is 25.1 Å². The van der Waals surface area contributed by atoms with Crippen LogP contribution in [0.15, 0.2) is 29.6 Å². The summed E-state index contributed by atoms with van der Waals surface area (Å²) < 4.78 is 6.76. The van der Waals surface area contributed by atoms with E-state index in [-0.39, 0.29) is 0 Å². The molecule has 2 rings (SSSR count). The summed E-state index contributed by atoms with van der Waals surface area (Å²) in [6.07, 6.45) is 1.08. The number of rotatable bonds is 6. The molecule has 0 saturated heterocycles. The van der Waals surface area contributed by atoms with Gasteiger partial charge in [-0.15, -0.1) is 11.3 Å². The highest BCUT2D eigenvalue weighted by Crippen LogP contribution is 2.23. The number of nitrogens with one attached hydrogen (secondary N) is 1. The zero-order valence-corrected chi connectivity index (χ0v) is 10.3. The molecule has 1 aromatic heterocycles. The molecule has 0 aliphatic heterocycles. The molecule has 0 unspecified atom stereocenters. The Balaban J connectivity index is 1.84. The average Bonchev–Trinajstić information content (AvgIpc) is 2.76. The van der Waals surface area contributed by atoms with Crippen molar-refractivity contribution in [1.82, 2.24) is 0 Å². The van der Waals surface area contributed by atoms with E-state index < -0.39 is 0 Å². The summed E-state index contributed by atoms with van der Waals surface area (Å²) in [6, 6.07) is 8.62. The van der Waals surface area contributed by atoms with Gasteiger partial charge < -0.3 is 10.1 Å². The minimum absolute atomic E-state index is 0.773. The number of ether oxygens (including phenoxy) is 1. The van der Waals surface area contributed by atoms with E-state index in [1.807, 2.05) is 0 Å². The van der Waals surface area contributed by atoms with E-state index in [4.69, 9.17) is 4.74 Å². The number of thiophene rings is 1. The lowest BCUT2D eigenvalue weighted by atomic mass is 10.2. The van der Waals surface area contributed by atoms with Crippen LogP contribution in [0, 0.1) is 0 Å². The number of hydrogen-bond donors (Lipinski definition) is 1. The fourth-order valence-electron chi connectivity index (χ4n) is 1.59. The van der Waals surface area contributed by atoms with E-state index in [2.05, 4.69) is 41.9 Å². The molecule has 0 fully saturated rings. The van der Waals surface area contributed by atoms with Gasteiger partial charge in [-0.2, -0.15) is 0 Å². The third kappa shape index (κ3) is 2.97. The molecule has 86 valence electrons. The van der Waals surface area contributed by atoms with E-state index in [1.54, 1.807) is 11.3 Å². The quantitative estimate of drug-likeness (QED) is 0.770. The Morgan fingerprint density at radius 2 is 2.19 bits per heavy atom. The van der Waals surface area contributed by atoms with Crippen molar-refractivity contribution in [2.45, 2.75) is 13.3 Å². The van der Waals surface area contributed by atoms with E-state index in [0.717, 1.165) is 26.2 Å². The first kappa shape index (κ1) is 11.4. The fourth-order valence-corrected chi connectivity index (χ4v) is 2.36. The molecule has 1 heterocycles. The van der Waals surface area contributed by atoms with E-state index in [1.165, 1.54) is 15.8 Å². The molecule has 3 heteroatoms. The van der Waals surface area contributed by atoms with Crippen LogP contribution in [0.1, 0.15) is 13.3 Å². The first-order chi connectivity index (χ1) is 7.90. The molecular formula is C13H17NOS. The third-order valence-corrected chi connectivity index (χ3v) is 3.27. The van der Waals surface area contributed by atoms with Gasteiger partial charge in [0.25, 0.3) is 0 Å². The molecule has 0 amide bonds. The minimum Gasteiger partial charge on any atom is -0.383 e. The molecule has 0 aliphatic carbocycles. The third-order valence-electron chi connectivity index (χ3n) is 2.38. The van der Waals surface area contributed by atoms with Gasteiger partial charge in [-0.1, -0.05) is 6.92 Å². The Morgan fingerprint density at radius 3 is 3.06 bits per heavy atom. The minimum atomic E-state index is 0.773. The molecular weight excluding hydrogens is 218 g/mol. The zero-order chi connectivity index (χ0) is 11.2. The largest absolute Gasteiger partial charge is 0.383 e. The van der Waals surface area contributed by atoms with Crippen molar-refractivity contribution >= 4 is 27.1 Å². The standard InChI is InChI=1S/C13H17NOS/c1-2-7-15-8-6-14-12-3-4-13-11(10-12)5-9-16-13/h3-5,9-10,14H,2,6-8H2,1H3. The lowest BCUT2D eigenvalue weighted by Gasteiger charge is -2.06. The molecule has 0 saturated carbocycles. The summed E-state index contributed by atoms with van der Waals surface area (Å²) in [5.74, 6) is 0. The summed E-state index contributed by atoms with van der Waals surface area (Å²) in [7, 11) is 0. The predicted octanol–water partition coefficient (Wildman–Crippen LogP) is 3.74. The monoisotopic (exact) mass is 235 g/mol. The van der Waals surface area contributed by atoms with Crippen LogP contribution in [0.2, 0.25) is 0 Å². The van der Waals surface area contributed by atoms with Crippen LogP contribution in [0.3, 0.4) is 0 Å². The normalized spacial score (nSPS) is 10.8. The van der Waals surface area contributed by atoms with Gasteiger partial charge in [0, 0.05) is 23.5 Å². The van der Waals surface area contributed by atoms with Crippen molar-refractivity contribution in [2.24, 2.45) is 0 Å². The van der Waals surface area contributed by atoms with Gasteiger partial charge in [0.1, 0.15) is 0 Å². The molecule has 1 N–H and O–H groups in total. The highest BCUT2D eigenvalue weighted by Gasteiger charge is 1.96. The Hall–Kier alpha value is -1.06. The summed E-state index contributed by atoms with van der Waals surface area (Å²) in [6.45, 7) is 4.62. The van der Waals surface area contributed by atoms with Crippen molar-refractivity contribution in [1.29, 1.82) is 0 Å². The summed E-state index contributed by atoms with van der Waals surface area (Å²) in [5, 5.41) is 6.80. The Bertz CT molecular complexity index is 438. The van der Waals surface area contributed by atoms with E-state index >= 15 is 0 Å². The van der Waals surface area contributed by atoms with Gasteiger partial charge in [-0.25, -0.2) is 0 Å². The lowest BCUT2D eigenvalue weighted by Crippen LogP contribution is -2.09. The molecule has 2 nitrogen and oxygen atoms in total. The SMILES string of the molecule is CCCOCCNc1ccc2sccc2c1. The molecule has 2 aromatic rings. The Labute approximate surface area is 100 Å². The maximum atomic E-state index is 5.42. The summed E-state index contributed by atoms with van der Waals surface area (Å²) in [5.41, 5.74) is 1.17. The highest BCUT2D eigenvalue weighted by molar-refractivity contribution is 7.17. The second-order valence-electron chi connectivity index (χ2n) is 3.71. The molecule has 0 bridgehead atoms. The second kappa shape index (κ2) is 5.87. The van der Waals surface area contributed by atoms with Gasteiger partial charge in [-0.05, 0) is 41.5 Å². The van der Waals surface area contributed by atoms with Crippen LogP contribution in [0.25, 0.3) is 10.1 Å². The van der Waals surface area contributed by atoms with Crippen LogP contribution >= 0.6 is 11.3 Å². The van der Waals surface area contributed by atoms with E-state index in [9.17, 15) is 0 Å². The zero-order valence-electron chi connectivity index (χ0n) is 9.53. The van der Waals surface area contributed by atoms with Crippen molar-refractivity contribution in [3.63, 3.8) is 0 Å². The molecule has 1 aromatic carbocycles. The predicted molar refractivity (Wildman–Crippen MR) is 71.4 cm³/mol. The summed E-state index contributed by atoms with van der Waals surface area (Å²) >= 11 is 1.78. The molecule has 0 atom stereocenters. The summed E-state index contributed by atoms with van der Waals surface area (Å²) in [4.78, 5) is 0. The number of anilines is 1. The Kier molecular flexibility index (Phi) is 4.19. The smallest absolute Gasteiger partial charge is 0.0639 e. The molecule has 0 spiro atoms. The van der Waals surface area contributed by atoms with Crippen molar-refractivity contribution in [3.8, 4) is 0 Å². The van der Waals surface area contributed by atoms with Crippen LogP contribution in [-0.4, -0.2) is 19.8 Å². The first-order valence-electron chi connectivity index (χ1n) is 5.69. The maximum absolute atomic E-state index is 5.42. The second-order valence-corrected chi connectivity index (χ2v) is 4.66. The number of hydrogen-bond acceptors (Lipinski definition) is 3. The van der Waals surface area contributed by atoms with Gasteiger partial charge in [0.05, 0.1) is 6.61 Å². The first-order valence-corrected chi connectivity index (χ1v) is 6.57. The van der Waals surface area contributed by atoms with Crippen LogP contribution < -0.4 is 5.32 Å². The number of fused-ring (bicyclic) bond motifs is 1.